The van der Waals surface area contributed by atoms with E-state index in [0.29, 0.717) is 6.42 Å². The molecule has 0 saturated carbocycles. The third-order valence-electron chi connectivity index (χ3n) is 3.41. The summed E-state index contributed by atoms with van der Waals surface area (Å²) in [6.45, 7) is 3.93. The lowest BCUT2D eigenvalue weighted by Crippen LogP contribution is -2.16. The summed E-state index contributed by atoms with van der Waals surface area (Å²) in [5.41, 5.74) is 9.98. The molecule has 0 spiro atoms. The minimum Gasteiger partial charge on any atom is -0.324 e. The summed E-state index contributed by atoms with van der Waals surface area (Å²) in [6.07, 6.45) is 1.48. The Morgan fingerprint density at radius 1 is 1.40 bits per heavy atom. The molecule has 0 bridgehead atoms. The number of nitrogens with zero attached hydrogens (tertiary/aromatic N) is 2. The van der Waals surface area contributed by atoms with Gasteiger partial charge >= 0.3 is 0 Å². The van der Waals surface area contributed by atoms with Crippen molar-refractivity contribution in [3.63, 3.8) is 0 Å². The minimum atomic E-state index is -0.249. The van der Waals surface area contributed by atoms with Crippen LogP contribution in [0.3, 0.4) is 0 Å². The SMILES string of the molecule is CCc1nn(C)c(CC(N)c2cc(C)cc(F)c2)c1Br. The van der Waals surface area contributed by atoms with Gasteiger partial charge in [-0.15, -0.1) is 0 Å². The third kappa shape index (κ3) is 3.10. The molecular weight excluding hydrogens is 321 g/mol. The average Bonchev–Trinajstić information content (AvgIpc) is 2.65. The van der Waals surface area contributed by atoms with E-state index in [2.05, 4.69) is 28.0 Å². The monoisotopic (exact) mass is 339 g/mol. The fourth-order valence-corrected chi connectivity index (χ4v) is 3.12. The first kappa shape index (κ1) is 15.2. The summed E-state index contributed by atoms with van der Waals surface area (Å²) in [6, 6.07) is 4.69. The fourth-order valence-electron chi connectivity index (χ4n) is 2.35. The Kier molecular flexibility index (Phi) is 4.60. The van der Waals surface area contributed by atoms with Crippen LogP contribution in [-0.2, 0) is 19.9 Å². The standard InChI is InChI=1S/C15H19BrFN3/c1-4-13-15(16)14(20(3)19-13)8-12(18)10-5-9(2)6-11(17)7-10/h5-7,12H,4,8,18H2,1-3H3. The van der Waals surface area contributed by atoms with Gasteiger partial charge in [0.2, 0.25) is 0 Å². The molecule has 1 aromatic heterocycles. The zero-order valence-corrected chi connectivity index (χ0v) is 13.5. The Balaban J connectivity index is 2.27. The molecule has 0 fully saturated rings. The number of benzene rings is 1. The van der Waals surface area contributed by atoms with Crippen molar-refractivity contribution >= 4 is 15.9 Å². The Morgan fingerprint density at radius 3 is 2.65 bits per heavy atom. The lowest BCUT2D eigenvalue weighted by Gasteiger charge is -2.13. The molecule has 0 aliphatic heterocycles. The van der Waals surface area contributed by atoms with Crippen LogP contribution in [0.25, 0.3) is 0 Å². The van der Waals surface area contributed by atoms with Crippen molar-refractivity contribution in [1.82, 2.24) is 9.78 Å². The number of aromatic nitrogens is 2. The molecule has 1 atom stereocenters. The Bertz CT molecular complexity index is 602. The van der Waals surface area contributed by atoms with Gasteiger partial charge < -0.3 is 5.73 Å². The number of hydrogen-bond acceptors (Lipinski definition) is 2. The maximum atomic E-state index is 13.5. The van der Waals surface area contributed by atoms with E-state index in [1.165, 1.54) is 12.1 Å². The highest BCUT2D eigenvalue weighted by Crippen LogP contribution is 2.26. The van der Waals surface area contributed by atoms with E-state index in [1.54, 1.807) is 0 Å². The predicted molar refractivity (Wildman–Crippen MR) is 82.1 cm³/mol. The van der Waals surface area contributed by atoms with E-state index in [0.717, 1.165) is 33.4 Å². The molecule has 108 valence electrons. The van der Waals surface area contributed by atoms with Crippen molar-refractivity contribution < 1.29 is 4.39 Å². The van der Waals surface area contributed by atoms with E-state index in [1.807, 2.05) is 24.7 Å². The largest absolute Gasteiger partial charge is 0.324 e. The maximum Gasteiger partial charge on any atom is 0.123 e. The van der Waals surface area contributed by atoms with Crippen molar-refractivity contribution in [3.8, 4) is 0 Å². The molecule has 20 heavy (non-hydrogen) atoms. The van der Waals surface area contributed by atoms with Crippen molar-refractivity contribution in [2.75, 3.05) is 0 Å². The molecule has 0 radical (unpaired) electrons. The van der Waals surface area contributed by atoms with E-state index >= 15 is 0 Å². The molecule has 0 saturated heterocycles. The van der Waals surface area contributed by atoms with Crippen LogP contribution in [0.4, 0.5) is 4.39 Å². The van der Waals surface area contributed by atoms with Crippen LogP contribution in [0.5, 0.6) is 0 Å². The van der Waals surface area contributed by atoms with Crippen molar-refractivity contribution in [1.29, 1.82) is 0 Å². The van der Waals surface area contributed by atoms with Gasteiger partial charge in [-0.3, -0.25) is 4.68 Å². The number of hydrogen-bond donors (Lipinski definition) is 1. The quantitative estimate of drug-likeness (QED) is 0.927. The van der Waals surface area contributed by atoms with Gasteiger partial charge in [0.1, 0.15) is 5.82 Å². The minimum absolute atomic E-state index is 0.242. The molecule has 2 aromatic rings. The van der Waals surface area contributed by atoms with Crippen LogP contribution >= 0.6 is 15.9 Å². The third-order valence-corrected chi connectivity index (χ3v) is 4.32. The fraction of sp³-hybridized carbons (Fsp3) is 0.400. The molecule has 0 amide bonds. The van der Waals surface area contributed by atoms with Gasteiger partial charge in [-0.05, 0) is 52.5 Å². The molecule has 2 rings (SSSR count). The van der Waals surface area contributed by atoms with E-state index < -0.39 is 0 Å². The number of halogens is 2. The van der Waals surface area contributed by atoms with Gasteiger partial charge in [0.05, 0.1) is 15.9 Å². The van der Waals surface area contributed by atoms with Crippen LogP contribution < -0.4 is 5.73 Å². The smallest absolute Gasteiger partial charge is 0.123 e. The van der Waals surface area contributed by atoms with Crippen LogP contribution in [0, 0.1) is 12.7 Å². The van der Waals surface area contributed by atoms with Crippen molar-refractivity contribution in [2.45, 2.75) is 32.7 Å². The maximum absolute atomic E-state index is 13.5. The summed E-state index contributed by atoms with van der Waals surface area (Å²) in [5, 5.41) is 4.45. The first-order valence-corrected chi connectivity index (χ1v) is 7.44. The highest BCUT2D eigenvalue weighted by atomic mass is 79.9. The summed E-state index contributed by atoms with van der Waals surface area (Å²) in [7, 11) is 1.91. The summed E-state index contributed by atoms with van der Waals surface area (Å²) in [4.78, 5) is 0. The van der Waals surface area contributed by atoms with Crippen LogP contribution in [-0.4, -0.2) is 9.78 Å². The van der Waals surface area contributed by atoms with E-state index in [4.69, 9.17) is 5.73 Å². The molecule has 0 aliphatic rings. The lowest BCUT2D eigenvalue weighted by molar-refractivity contribution is 0.608. The normalized spacial score (nSPS) is 12.7. The number of nitrogens with two attached hydrogens (primary N) is 1. The van der Waals surface area contributed by atoms with Gasteiger partial charge in [0, 0.05) is 19.5 Å². The summed E-state index contributed by atoms with van der Waals surface area (Å²) >= 11 is 3.58. The molecular formula is C15H19BrFN3. The predicted octanol–water partition coefficient (Wildman–Crippen LogP) is 3.44. The van der Waals surface area contributed by atoms with Crippen LogP contribution in [0.1, 0.15) is 35.5 Å². The number of aryl methyl sites for hydroxylation is 3. The zero-order valence-electron chi connectivity index (χ0n) is 12.0. The molecule has 1 aromatic carbocycles. The highest BCUT2D eigenvalue weighted by molar-refractivity contribution is 9.10. The van der Waals surface area contributed by atoms with Crippen molar-refractivity contribution in [2.24, 2.45) is 12.8 Å². The molecule has 2 N–H and O–H groups in total. The first-order chi connectivity index (χ1) is 9.42. The number of rotatable bonds is 4. The van der Waals surface area contributed by atoms with Gasteiger partial charge in [-0.1, -0.05) is 13.0 Å². The van der Waals surface area contributed by atoms with Crippen molar-refractivity contribution in [3.05, 3.63) is 51.0 Å². The van der Waals surface area contributed by atoms with Crippen LogP contribution in [0.2, 0.25) is 0 Å². The average molecular weight is 340 g/mol. The van der Waals surface area contributed by atoms with E-state index in [9.17, 15) is 4.39 Å². The van der Waals surface area contributed by atoms with Gasteiger partial charge in [-0.2, -0.15) is 5.10 Å². The molecule has 1 heterocycles. The first-order valence-electron chi connectivity index (χ1n) is 6.65. The Labute approximate surface area is 127 Å². The molecule has 1 unspecified atom stereocenters. The van der Waals surface area contributed by atoms with Gasteiger partial charge in [0.15, 0.2) is 0 Å². The van der Waals surface area contributed by atoms with E-state index in [-0.39, 0.29) is 11.9 Å². The zero-order chi connectivity index (χ0) is 14.9. The topological polar surface area (TPSA) is 43.8 Å². The van der Waals surface area contributed by atoms with Gasteiger partial charge in [-0.25, -0.2) is 4.39 Å². The summed E-state index contributed by atoms with van der Waals surface area (Å²) < 4.78 is 16.3. The lowest BCUT2D eigenvalue weighted by atomic mass is 10.0. The highest BCUT2D eigenvalue weighted by Gasteiger charge is 2.17. The Hall–Kier alpha value is -1.20. The molecule has 3 nitrogen and oxygen atoms in total. The Morgan fingerprint density at radius 2 is 2.10 bits per heavy atom. The van der Waals surface area contributed by atoms with Crippen LogP contribution in [0.15, 0.2) is 22.7 Å². The van der Waals surface area contributed by atoms with Gasteiger partial charge in [0.25, 0.3) is 0 Å². The molecule has 0 aliphatic carbocycles. The summed E-state index contributed by atoms with van der Waals surface area (Å²) in [5.74, 6) is -0.242. The second-order valence-electron chi connectivity index (χ2n) is 5.06. The second-order valence-corrected chi connectivity index (χ2v) is 5.85. The second kappa shape index (κ2) is 6.06. The molecule has 5 heteroatoms.